The van der Waals surface area contributed by atoms with Crippen molar-refractivity contribution < 1.29 is 27.8 Å². The minimum atomic E-state index is -4.46. The minimum Gasteiger partial charge on any atom is -0.382 e. The van der Waals surface area contributed by atoms with Gasteiger partial charge in [-0.15, -0.1) is 0 Å². The summed E-state index contributed by atoms with van der Waals surface area (Å²) < 4.78 is 41.7. The van der Waals surface area contributed by atoms with Crippen LogP contribution in [0.25, 0.3) is 0 Å². The summed E-state index contributed by atoms with van der Waals surface area (Å²) in [7, 11) is 0. The molecule has 2 unspecified atom stereocenters. The lowest BCUT2D eigenvalue weighted by molar-refractivity contribution is -0.188. The number of rotatable bonds is 5. The lowest BCUT2D eigenvalue weighted by Crippen LogP contribution is -2.39. The second-order valence-corrected chi connectivity index (χ2v) is 4.12. The largest absolute Gasteiger partial charge is 0.419 e. The SMILES string of the molecule is C=CC(=O)C(C)(O)CCC1(C(F)(F)F)CO1. The Labute approximate surface area is 90.9 Å². The summed E-state index contributed by atoms with van der Waals surface area (Å²) in [5, 5.41) is 9.60. The third-order valence-electron chi connectivity index (χ3n) is 2.74. The highest BCUT2D eigenvalue weighted by atomic mass is 19.4. The molecule has 0 bridgehead atoms. The Balaban J connectivity index is 2.59. The molecule has 0 radical (unpaired) electrons. The van der Waals surface area contributed by atoms with E-state index in [1.165, 1.54) is 6.92 Å². The lowest BCUT2D eigenvalue weighted by atomic mass is 9.90. The molecule has 0 aromatic carbocycles. The van der Waals surface area contributed by atoms with E-state index in [4.69, 9.17) is 0 Å². The van der Waals surface area contributed by atoms with E-state index in [0.717, 1.165) is 6.08 Å². The second-order valence-electron chi connectivity index (χ2n) is 4.12. The maximum absolute atomic E-state index is 12.4. The average Bonchev–Trinajstić information content (AvgIpc) is 2.93. The Kier molecular flexibility index (Phi) is 3.17. The van der Waals surface area contributed by atoms with Crippen LogP contribution in [0.5, 0.6) is 0 Å². The van der Waals surface area contributed by atoms with Crippen LogP contribution in [0.2, 0.25) is 0 Å². The fourth-order valence-electron chi connectivity index (χ4n) is 1.33. The van der Waals surface area contributed by atoms with Crippen LogP contribution in [-0.2, 0) is 9.53 Å². The molecular formula is C10H13F3O3. The molecule has 1 heterocycles. The van der Waals surface area contributed by atoms with Crippen molar-refractivity contribution in [3.63, 3.8) is 0 Å². The van der Waals surface area contributed by atoms with Crippen LogP contribution in [0.1, 0.15) is 19.8 Å². The van der Waals surface area contributed by atoms with E-state index < -0.39 is 36.2 Å². The summed E-state index contributed by atoms with van der Waals surface area (Å²) in [6.07, 6.45) is -4.30. The van der Waals surface area contributed by atoms with Gasteiger partial charge in [-0.05, 0) is 25.8 Å². The van der Waals surface area contributed by atoms with Gasteiger partial charge in [0.15, 0.2) is 11.4 Å². The molecule has 0 amide bonds. The molecule has 0 saturated carbocycles. The van der Waals surface area contributed by atoms with Crippen molar-refractivity contribution in [1.29, 1.82) is 0 Å². The monoisotopic (exact) mass is 238 g/mol. The molecular weight excluding hydrogens is 225 g/mol. The van der Waals surface area contributed by atoms with Gasteiger partial charge in [0, 0.05) is 0 Å². The molecule has 1 aliphatic heterocycles. The highest BCUT2D eigenvalue weighted by Crippen LogP contribution is 2.47. The Morgan fingerprint density at radius 2 is 2.12 bits per heavy atom. The smallest absolute Gasteiger partial charge is 0.382 e. The number of ketones is 1. The topological polar surface area (TPSA) is 49.8 Å². The number of alkyl halides is 3. The van der Waals surface area contributed by atoms with Crippen LogP contribution in [-0.4, -0.2) is 34.9 Å². The van der Waals surface area contributed by atoms with E-state index in [0.29, 0.717) is 0 Å². The van der Waals surface area contributed by atoms with E-state index >= 15 is 0 Å². The van der Waals surface area contributed by atoms with Crippen LogP contribution < -0.4 is 0 Å². The van der Waals surface area contributed by atoms with Crippen molar-refractivity contribution in [2.75, 3.05) is 6.61 Å². The quantitative estimate of drug-likeness (QED) is 0.584. The summed E-state index contributed by atoms with van der Waals surface area (Å²) in [6, 6.07) is 0. The molecule has 1 saturated heterocycles. The first-order valence-electron chi connectivity index (χ1n) is 4.75. The first-order valence-corrected chi connectivity index (χ1v) is 4.75. The molecule has 2 atom stereocenters. The first kappa shape index (κ1) is 13.2. The standard InChI is InChI=1S/C10H13F3O3/c1-3-7(14)8(2,15)4-5-9(6-16-9)10(11,12)13/h3,15H,1,4-6H2,2H3. The van der Waals surface area contributed by atoms with E-state index in [1.54, 1.807) is 0 Å². The van der Waals surface area contributed by atoms with Gasteiger partial charge in [0.25, 0.3) is 0 Å². The number of carbonyl (C=O) groups is 1. The van der Waals surface area contributed by atoms with Gasteiger partial charge in [-0.3, -0.25) is 4.79 Å². The molecule has 1 aliphatic rings. The molecule has 92 valence electrons. The third kappa shape index (κ3) is 2.44. The van der Waals surface area contributed by atoms with Crippen molar-refractivity contribution in [3.8, 4) is 0 Å². The van der Waals surface area contributed by atoms with E-state index in [9.17, 15) is 23.1 Å². The summed E-state index contributed by atoms with van der Waals surface area (Å²) in [4.78, 5) is 11.1. The number of aliphatic hydroxyl groups is 1. The van der Waals surface area contributed by atoms with Crippen LogP contribution >= 0.6 is 0 Å². The molecule has 3 nitrogen and oxygen atoms in total. The second kappa shape index (κ2) is 3.85. The normalized spacial score (nSPS) is 28.3. The van der Waals surface area contributed by atoms with Gasteiger partial charge < -0.3 is 9.84 Å². The maximum atomic E-state index is 12.4. The lowest BCUT2D eigenvalue weighted by Gasteiger charge is -2.23. The zero-order chi connectivity index (χ0) is 12.6. The predicted molar refractivity (Wildman–Crippen MR) is 49.8 cm³/mol. The van der Waals surface area contributed by atoms with Crippen molar-refractivity contribution in [3.05, 3.63) is 12.7 Å². The molecule has 1 N–H and O–H groups in total. The van der Waals surface area contributed by atoms with E-state index in [2.05, 4.69) is 11.3 Å². The fraction of sp³-hybridized carbons (Fsp3) is 0.700. The molecule has 0 spiro atoms. The molecule has 1 rings (SSSR count). The van der Waals surface area contributed by atoms with Gasteiger partial charge in [-0.25, -0.2) is 0 Å². The van der Waals surface area contributed by atoms with Gasteiger partial charge in [-0.1, -0.05) is 6.58 Å². The maximum Gasteiger partial charge on any atom is 0.419 e. The Morgan fingerprint density at radius 1 is 1.62 bits per heavy atom. The van der Waals surface area contributed by atoms with Crippen LogP contribution in [0.4, 0.5) is 13.2 Å². The summed E-state index contributed by atoms with van der Waals surface area (Å²) in [6.45, 7) is 3.93. The van der Waals surface area contributed by atoms with Crippen LogP contribution in [0, 0.1) is 0 Å². The molecule has 1 fully saturated rings. The number of epoxide rings is 1. The first-order chi connectivity index (χ1) is 7.15. The van der Waals surface area contributed by atoms with Crippen LogP contribution in [0.3, 0.4) is 0 Å². The van der Waals surface area contributed by atoms with Gasteiger partial charge in [0.2, 0.25) is 0 Å². The summed E-state index contributed by atoms with van der Waals surface area (Å²) in [5.41, 5.74) is -3.98. The Hall–Kier alpha value is -0.880. The highest BCUT2D eigenvalue weighted by Gasteiger charge is 2.65. The number of hydrogen-bond acceptors (Lipinski definition) is 3. The van der Waals surface area contributed by atoms with Crippen molar-refractivity contribution in [2.24, 2.45) is 0 Å². The summed E-state index contributed by atoms with van der Waals surface area (Å²) in [5.74, 6) is -0.689. The fourth-order valence-corrected chi connectivity index (χ4v) is 1.33. The van der Waals surface area contributed by atoms with Crippen molar-refractivity contribution in [1.82, 2.24) is 0 Å². The zero-order valence-electron chi connectivity index (χ0n) is 8.80. The van der Waals surface area contributed by atoms with E-state index in [1.807, 2.05) is 0 Å². The van der Waals surface area contributed by atoms with Crippen molar-refractivity contribution in [2.45, 2.75) is 37.1 Å². The average molecular weight is 238 g/mol. The zero-order valence-corrected chi connectivity index (χ0v) is 8.80. The summed E-state index contributed by atoms with van der Waals surface area (Å²) >= 11 is 0. The number of hydrogen-bond donors (Lipinski definition) is 1. The molecule has 0 aliphatic carbocycles. The molecule has 0 aromatic heterocycles. The van der Waals surface area contributed by atoms with E-state index in [-0.39, 0.29) is 6.42 Å². The number of halogens is 3. The Bertz CT molecular complexity index is 303. The number of ether oxygens (including phenoxy) is 1. The van der Waals surface area contributed by atoms with Gasteiger partial charge in [0.05, 0.1) is 6.61 Å². The van der Waals surface area contributed by atoms with Gasteiger partial charge in [0.1, 0.15) is 5.60 Å². The molecule has 16 heavy (non-hydrogen) atoms. The molecule has 0 aromatic rings. The Morgan fingerprint density at radius 3 is 2.44 bits per heavy atom. The van der Waals surface area contributed by atoms with Gasteiger partial charge in [-0.2, -0.15) is 13.2 Å². The highest BCUT2D eigenvalue weighted by molar-refractivity contribution is 5.95. The van der Waals surface area contributed by atoms with Crippen LogP contribution in [0.15, 0.2) is 12.7 Å². The third-order valence-corrected chi connectivity index (χ3v) is 2.74. The van der Waals surface area contributed by atoms with Gasteiger partial charge >= 0.3 is 6.18 Å². The van der Waals surface area contributed by atoms with Crippen molar-refractivity contribution >= 4 is 5.78 Å². The minimum absolute atomic E-state index is 0.308. The predicted octanol–water partition coefficient (Wildman–Crippen LogP) is 1.60. The number of carbonyl (C=O) groups excluding carboxylic acids is 1. The molecule has 6 heteroatoms.